The zero-order valence-electron chi connectivity index (χ0n) is 13.3. The Morgan fingerprint density at radius 3 is 2.43 bits per heavy atom. The summed E-state index contributed by atoms with van der Waals surface area (Å²) in [7, 11) is 1.31. The normalized spacial score (nSPS) is 10.2. The number of ether oxygens (including phenoxy) is 1. The van der Waals surface area contributed by atoms with Crippen molar-refractivity contribution in [1.29, 1.82) is 0 Å². The quantitative estimate of drug-likeness (QED) is 0.804. The summed E-state index contributed by atoms with van der Waals surface area (Å²) in [4.78, 5) is 23.6. The maximum atomic E-state index is 12.0. The third kappa shape index (κ3) is 4.93. The van der Waals surface area contributed by atoms with E-state index in [1.54, 1.807) is 24.3 Å². The number of carbonyl (C=O) groups excluding carboxylic acids is 2. The first kappa shape index (κ1) is 16.7. The van der Waals surface area contributed by atoms with Crippen molar-refractivity contribution in [2.45, 2.75) is 13.5 Å². The molecule has 2 aromatic rings. The highest BCUT2D eigenvalue weighted by molar-refractivity contribution is 6.01. The number of rotatable bonds is 6. The first-order valence-corrected chi connectivity index (χ1v) is 7.33. The highest BCUT2D eigenvalue weighted by Crippen LogP contribution is 2.15. The molecule has 0 heterocycles. The molecule has 5 nitrogen and oxygen atoms in total. The SMILES string of the molecule is COC(=O)c1ccccc1NC(=O)CNCc1ccc(C)cc1. The fraction of sp³-hybridized carbons (Fsp3) is 0.222. The van der Waals surface area contributed by atoms with Crippen LogP contribution in [-0.4, -0.2) is 25.5 Å². The molecular formula is C18H20N2O3. The largest absolute Gasteiger partial charge is 0.465 e. The van der Waals surface area contributed by atoms with Crippen molar-refractivity contribution < 1.29 is 14.3 Å². The lowest BCUT2D eigenvalue weighted by Crippen LogP contribution is -2.28. The van der Waals surface area contributed by atoms with E-state index >= 15 is 0 Å². The van der Waals surface area contributed by atoms with E-state index in [0.717, 1.165) is 5.56 Å². The van der Waals surface area contributed by atoms with E-state index in [1.165, 1.54) is 12.7 Å². The average molecular weight is 312 g/mol. The summed E-state index contributed by atoms with van der Waals surface area (Å²) in [5.41, 5.74) is 3.09. The second-order valence-corrected chi connectivity index (χ2v) is 5.17. The topological polar surface area (TPSA) is 67.4 Å². The van der Waals surface area contributed by atoms with Crippen LogP contribution in [0.3, 0.4) is 0 Å². The van der Waals surface area contributed by atoms with E-state index < -0.39 is 5.97 Å². The monoisotopic (exact) mass is 312 g/mol. The zero-order chi connectivity index (χ0) is 16.7. The Bertz CT molecular complexity index is 681. The molecule has 0 radical (unpaired) electrons. The number of methoxy groups -OCH3 is 1. The summed E-state index contributed by atoms with van der Waals surface area (Å²) in [5, 5.41) is 5.79. The molecule has 0 saturated carbocycles. The van der Waals surface area contributed by atoms with Crippen LogP contribution in [0.5, 0.6) is 0 Å². The first-order valence-electron chi connectivity index (χ1n) is 7.33. The van der Waals surface area contributed by atoms with E-state index in [1.807, 2.05) is 31.2 Å². The van der Waals surface area contributed by atoms with Gasteiger partial charge >= 0.3 is 5.97 Å². The molecule has 0 aliphatic rings. The van der Waals surface area contributed by atoms with E-state index in [2.05, 4.69) is 10.6 Å². The summed E-state index contributed by atoms with van der Waals surface area (Å²) in [6.07, 6.45) is 0. The molecular weight excluding hydrogens is 292 g/mol. The molecule has 0 aliphatic carbocycles. The van der Waals surface area contributed by atoms with E-state index in [-0.39, 0.29) is 12.5 Å². The van der Waals surface area contributed by atoms with Gasteiger partial charge in [-0.2, -0.15) is 0 Å². The van der Waals surface area contributed by atoms with Crippen LogP contribution in [-0.2, 0) is 16.1 Å². The fourth-order valence-electron chi connectivity index (χ4n) is 2.10. The van der Waals surface area contributed by atoms with Gasteiger partial charge in [0.25, 0.3) is 0 Å². The Morgan fingerprint density at radius 2 is 1.74 bits per heavy atom. The molecule has 2 rings (SSSR count). The maximum absolute atomic E-state index is 12.0. The van der Waals surface area contributed by atoms with Gasteiger partial charge in [0.1, 0.15) is 0 Å². The highest BCUT2D eigenvalue weighted by atomic mass is 16.5. The van der Waals surface area contributed by atoms with Gasteiger partial charge in [0, 0.05) is 6.54 Å². The number of amides is 1. The van der Waals surface area contributed by atoms with Gasteiger partial charge in [-0.05, 0) is 24.6 Å². The summed E-state index contributed by atoms with van der Waals surface area (Å²) < 4.78 is 4.70. The molecule has 0 unspecified atom stereocenters. The van der Waals surface area contributed by atoms with E-state index in [0.29, 0.717) is 17.8 Å². The molecule has 0 saturated heterocycles. The van der Waals surface area contributed by atoms with Gasteiger partial charge in [0.2, 0.25) is 5.91 Å². The molecule has 0 aliphatic heterocycles. The number of hydrogen-bond donors (Lipinski definition) is 2. The van der Waals surface area contributed by atoms with Crippen LogP contribution in [0.1, 0.15) is 21.5 Å². The third-order valence-electron chi connectivity index (χ3n) is 3.34. The van der Waals surface area contributed by atoms with E-state index in [4.69, 9.17) is 4.74 Å². The van der Waals surface area contributed by atoms with Crippen molar-refractivity contribution in [3.05, 3.63) is 65.2 Å². The molecule has 1 amide bonds. The van der Waals surface area contributed by atoms with Gasteiger partial charge in [-0.1, -0.05) is 42.0 Å². The summed E-state index contributed by atoms with van der Waals surface area (Å²) >= 11 is 0. The molecule has 2 aromatic carbocycles. The van der Waals surface area contributed by atoms with Gasteiger partial charge in [0.15, 0.2) is 0 Å². The lowest BCUT2D eigenvalue weighted by molar-refractivity contribution is -0.115. The van der Waals surface area contributed by atoms with Gasteiger partial charge in [0.05, 0.1) is 24.9 Å². The van der Waals surface area contributed by atoms with Crippen LogP contribution in [0.15, 0.2) is 48.5 Å². The van der Waals surface area contributed by atoms with Gasteiger partial charge in [-0.15, -0.1) is 0 Å². The maximum Gasteiger partial charge on any atom is 0.339 e. The number of para-hydroxylation sites is 1. The lowest BCUT2D eigenvalue weighted by atomic mass is 10.1. The van der Waals surface area contributed by atoms with Crippen molar-refractivity contribution in [2.24, 2.45) is 0 Å². The summed E-state index contributed by atoms with van der Waals surface area (Å²) in [5.74, 6) is -0.693. The van der Waals surface area contributed by atoms with Crippen LogP contribution in [0.25, 0.3) is 0 Å². The molecule has 5 heteroatoms. The number of esters is 1. The predicted molar refractivity (Wildman–Crippen MR) is 89.3 cm³/mol. The molecule has 120 valence electrons. The number of nitrogens with one attached hydrogen (secondary N) is 2. The Labute approximate surface area is 135 Å². The standard InChI is InChI=1S/C18H20N2O3/c1-13-7-9-14(10-8-13)11-19-12-17(21)20-16-6-4-3-5-15(16)18(22)23-2/h3-10,19H,11-12H2,1-2H3,(H,20,21). The smallest absolute Gasteiger partial charge is 0.339 e. The van der Waals surface area contributed by atoms with Crippen molar-refractivity contribution >= 4 is 17.6 Å². The van der Waals surface area contributed by atoms with Crippen LogP contribution >= 0.6 is 0 Å². The highest BCUT2D eigenvalue weighted by Gasteiger charge is 2.12. The minimum atomic E-state index is -0.478. The van der Waals surface area contributed by atoms with Crippen LogP contribution in [0, 0.1) is 6.92 Å². The molecule has 0 fully saturated rings. The Balaban J connectivity index is 1.88. The minimum absolute atomic E-state index is 0.156. The van der Waals surface area contributed by atoms with Gasteiger partial charge < -0.3 is 15.4 Å². The van der Waals surface area contributed by atoms with Gasteiger partial charge in [-0.25, -0.2) is 4.79 Å². The summed E-state index contributed by atoms with van der Waals surface area (Å²) in [6.45, 7) is 2.79. The summed E-state index contributed by atoms with van der Waals surface area (Å²) in [6, 6.07) is 14.9. The minimum Gasteiger partial charge on any atom is -0.465 e. The van der Waals surface area contributed by atoms with Crippen molar-refractivity contribution in [2.75, 3.05) is 19.0 Å². The van der Waals surface area contributed by atoms with Crippen molar-refractivity contribution in [3.8, 4) is 0 Å². The van der Waals surface area contributed by atoms with Crippen LogP contribution in [0.2, 0.25) is 0 Å². The van der Waals surface area contributed by atoms with Gasteiger partial charge in [-0.3, -0.25) is 4.79 Å². The Hall–Kier alpha value is -2.66. The lowest BCUT2D eigenvalue weighted by Gasteiger charge is -2.10. The fourth-order valence-corrected chi connectivity index (χ4v) is 2.10. The van der Waals surface area contributed by atoms with Crippen LogP contribution in [0.4, 0.5) is 5.69 Å². The number of anilines is 1. The second kappa shape index (κ2) is 8.10. The zero-order valence-corrected chi connectivity index (χ0v) is 13.3. The van der Waals surface area contributed by atoms with E-state index in [9.17, 15) is 9.59 Å². The van der Waals surface area contributed by atoms with Crippen LogP contribution < -0.4 is 10.6 Å². The van der Waals surface area contributed by atoms with Crippen molar-refractivity contribution in [3.63, 3.8) is 0 Å². The molecule has 0 aromatic heterocycles. The third-order valence-corrected chi connectivity index (χ3v) is 3.34. The Morgan fingerprint density at radius 1 is 1.04 bits per heavy atom. The average Bonchev–Trinajstić information content (AvgIpc) is 2.56. The predicted octanol–water partition coefficient (Wildman–Crippen LogP) is 2.51. The Kier molecular flexibility index (Phi) is 5.88. The number of aryl methyl sites for hydroxylation is 1. The number of hydrogen-bond acceptors (Lipinski definition) is 4. The van der Waals surface area contributed by atoms with Crippen molar-refractivity contribution in [1.82, 2.24) is 5.32 Å². The molecule has 0 atom stereocenters. The molecule has 0 spiro atoms. The number of carbonyl (C=O) groups is 2. The number of benzene rings is 2. The molecule has 23 heavy (non-hydrogen) atoms. The molecule has 2 N–H and O–H groups in total. The first-order chi connectivity index (χ1) is 11.1. The molecule has 0 bridgehead atoms. The second-order valence-electron chi connectivity index (χ2n) is 5.17.